The first kappa shape index (κ1) is 40.7. The van der Waals surface area contributed by atoms with Gasteiger partial charge in [0, 0.05) is 42.0 Å². The maximum absolute atomic E-state index is 7.09. The molecule has 7 heteroatoms. The van der Waals surface area contributed by atoms with E-state index in [-0.39, 0.29) is 31.9 Å². The van der Waals surface area contributed by atoms with Gasteiger partial charge in [0.05, 0.1) is 5.75 Å². The van der Waals surface area contributed by atoms with Gasteiger partial charge in [-0.05, 0) is 62.4 Å². The summed E-state index contributed by atoms with van der Waals surface area (Å²) in [4.78, 5) is 15.1. The summed E-state index contributed by atoms with van der Waals surface area (Å²) in [6, 6.07) is 29.1. The van der Waals surface area contributed by atoms with Crippen molar-refractivity contribution in [3.05, 3.63) is 107 Å². The van der Waals surface area contributed by atoms with Crippen LogP contribution in [-0.4, -0.2) is 23.0 Å². The number of fused-ring (bicyclic) bond motifs is 1. The van der Waals surface area contributed by atoms with Gasteiger partial charge in [-0.2, -0.15) is 11.3 Å². The van der Waals surface area contributed by atoms with Crippen LogP contribution < -0.4 is 9.92 Å². The number of aromatic nitrogens is 3. The minimum Gasteiger partial charge on any atom is -0.495 e. The average molecular weight is 919 g/mol. The molecule has 0 atom stereocenters. The Kier molecular flexibility index (Phi) is 11.8. The number of thiazole rings is 1. The predicted molar refractivity (Wildman–Crippen MR) is 224 cm³/mol. The quantitative estimate of drug-likeness (QED) is 0.113. The average Bonchev–Trinajstić information content (AvgIpc) is 3.51. The zero-order valence-electron chi connectivity index (χ0n) is 33.6. The first-order valence-corrected chi connectivity index (χ1v) is 22.8. The minimum atomic E-state index is -1.87. The Morgan fingerprint density at radius 2 is 1.34 bits per heavy atom. The van der Waals surface area contributed by atoms with E-state index in [0.29, 0.717) is 17.6 Å². The van der Waals surface area contributed by atoms with E-state index in [9.17, 15) is 0 Å². The Morgan fingerprint density at radius 1 is 0.698 bits per heavy atom. The summed E-state index contributed by atoms with van der Waals surface area (Å²) in [7, 11) is -1.87. The molecule has 0 amide bonds. The Hall–Kier alpha value is -3.44. The third kappa shape index (κ3) is 8.77. The number of nitrogens with zero attached hydrogens (tertiary/aromatic N) is 3. The molecule has 6 aromatic rings. The molecule has 4 nitrogen and oxygen atoms in total. The zero-order valence-corrected chi connectivity index (χ0v) is 37.6. The van der Waals surface area contributed by atoms with Crippen molar-refractivity contribution in [3.63, 3.8) is 0 Å². The molecule has 0 N–H and O–H groups in total. The molecule has 0 saturated carbocycles. The molecular formula is C46H53N3OPtSSi. The van der Waals surface area contributed by atoms with Gasteiger partial charge in [-0.25, -0.2) is 0 Å². The summed E-state index contributed by atoms with van der Waals surface area (Å²) in [6.45, 7) is 29.4. The zero-order chi connectivity index (χ0) is 37.7. The summed E-state index contributed by atoms with van der Waals surface area (Å²) < 4.78 is 8.06. The molecule has 0 aliphatic rings. The predicted octanol–water partition coefficient (Wildman–Crippen LogP) is 12.9. The summed E-state index contributed by atoms with van der Waals surface area (Å²) >= 11 is 1.69. The van der Waals surface area contributed by atoms with Crippen molar-refractivity contribution < 1.29 is 25.8 Å². The number of pyridine rings is 2. The molecule has 0 spiro atoms. The molecule has 6 rings (SSSR count). The Bertz CT molecular complexity index is 2210. The van der Waals surface area contributed by atoms with Gasteiger partial charge in [-0.1, -0.05) is 143 Å². The third-order valence-corrected chi connectivity index (χ3v) is 12.8. The number of rotatable bonds is 8. The van der Waals surface area contributed by atoms with Crippen molar-refractivity contribution in [2.75, 3.05) is 0 Å². The van der Waals surface area contributed by atoms with Crippen molar-refractivity contribution in [1.29, 1.82) is 0 Å². The van der Waals surface area contributed by atoms with Crippen LogP contribution in [0.1, 0.15) is 103 Å². The van der Waals surface area contributed by atoms with Gasteiger partial charge >= 0.3 is 21.1 Å². The molecule has 0 saturated heterocycles. The Morgan fingerprint density at radius 3 is 1.91 bits per heavy atom. The fourth-order valence-corrected chi connectivity index (χ4v) is 8.94. The maximum atomic E-state index is 7.09. The maximum Gasteiger partial charge on any atom is 2.00 e. The fourth-order valence-electron chi connectivity index (χ4n) is 6.50. The molecule has 0 fully saturated rings. The standard InChI is InChI=1S/C46H53N3OSSi.Pt/c1-28(2)34-15-14-16-35(29(3)4)42(34)44-49-38-23-31(37-26-32(21-22-47-37)45(5,6)7)25-40(43(38)51-44)50-39-24-30(17-20-41(39)52(11,12)13)36-19-18-33(27-48-36)46(8,9)10;/h14-23,26-29H,1-13H3;/q-2;+2. The Labute approximate surface area is 337 Å². The molecule has 0 unspecified atom stereocenters. The normalized spacial score (nSPS) is 12.4. The molecule has 0 aliphatic heterocycles. The van der Waals surface area contributed by atoms with Crippen LogP contribution in [-0.2, 0) is 31.9 Å². The summed E-state index contributed by atoms with van der Waals surface area (Å²) in [5.74, 6) is 2.08. The fraction of sp³-hybridized carbons (Fsp3) is 0.370. The van der Waals surface area contributed by atoms with Crippen LogP contribution in [0.5, 0.6) is 11.5 Å². The van der Waals surface area contributed by atoms with Crippen LogP contribution in [0.15, 0.2) is 73.1 Å². The van der Waals surface area contributed by atoms with Crippen LogP contribution in [0.4, 0.5) is 0 Å². The van der Waals surface area contributed by atoms with Crippen molar-refractivity contribution in [2.24, 2.45) is 0 Å². The van der Waals surface area contributed by atoms with Crippen molar-refractivity contribution in [3.8, 4) is 44.6 Å². The number of hydrogen-bond donors (Lipinski definition) is 0. The smallest absolute Gasteiger partial charge is 0.495 e. The Balaban J connectivity index is 0.00000541. The summed E-state index contributed by atoms with van der Waals surface area (Å²) in [5, 5.41) is 2.19. The van der Waals surface area contributed by atoms with E-state index in [2.05, 4.69) is 162 Å². The summed E-state index contributed by atoms with van der Waals surface area (Å²) in [5.41, 5.74) is 10.6. The second-order valence-corrected chi connectivity index (χ2v) is 23.7. The van der Waals surface area contributed by atoms with Crippen LogP contribution in [0.3, 0.4) is 0 Å². The van der Waals surface area contributed by atoms with Gasteiger partial charge in [-0.15, -0.1) is 29.3 Å². The van der Waals surface area contributed by atoms with Crippen LogP contribution in [0.2, 0.25) is 19.6 Å². The van der Waals surface area contributed by atoms with Gasteiger partial charge in [0.1, 0.15) is 5.01 Å². The van der Waals surface area contributed by atoms with Gasteiger partial charge in [0.15, 0.2) is 0 Å². The van der Waals surface area contributed by atoms with E-state index in [0.717, 1.165) is 43.5 Å². The molecule has 0 radical (unpaired) electrons. The van der Waals surface area contributed by atoms with E-state index in [1.165, 1.54) is 33.0 Å². The molecule has 3 aromatic heterocycles. The molecule has 53 heavy (non-hydrogen) atoms. The van der Waals surface area contributed by atoms with Gasteiger partial charge in [-0.3, -0.25) is 4.98 Å². The van der Waals surface area contributed by atoms with Gasteiger partial charge in [0.25, 0.3) is 0 Å². The molecular weight excluding hydrogens is 866 g/mol. The van der Waals surface area contributed by atoms with E-state index in [1.54, 1.807) is 11.3 Å². The molecule has 3 aromatic carbocycles. The van der Waals surface area contributed by atoms with Gasteiger partial charge in [0.2, 0.25) is 0 Å². The van der Waals surface area contributed by atoms with Crippen LogP contribution >= 0.6 is 11.3 Å². The summed E-state index contributed by atoms with van der Waals surface area (Å²) in [6.07, 6.45) is 3.88. The number of hydrogen-bond acceptors (Lipinski definition) is 5. The number of ether oxygens (including phenoxy) is 1. The molecule has 0 bridgehead atoms. The van der Waals surface area contributed by atoms with Crippen LogP contribution in [0, 0.1) is 12.1 Å². The minimum absolute atomic E-state index is 0. The van der Waals surface area contributed by atoms with Crippen molar-refractivity contribution in [2.45, 2.75) is 112 Å². The van der Waals surface area contributed by atoms with Gasteiger partial charge < -0.3 is 14.7 Å². The van der Waals surface area contributed by atoms with E-state index < -0.39 is 8.07 Å². The second-order valence-electron chi connectivity index (χ2n) is 17.7. The topological polar surface area (TPSA) is 47.9 Å². The number of benzene rings is 3. The second kappa shape index (κ2) is 15.4. The van der Waals surface area contributed by atoms with E-state index in [4.69, 9.17) is 19.7 Å². The monoisotopic (exact) mass is 918 g/mol. The van der Waals surface area contributed by atoms with E-state index >= 15 is 0 Å². The molecule has 3 heterocycles. The van der Waals surface area contributed by atoms with E-state index in [1.807, 2.05) is 12.4 Å². The first-order chi connectivity index (χ1) is 24.3. The first-order valence-electron chi connectivity index (χ1n) is 18.5. The molecule has 0 aliphatic carbocycles. The third-order valence-electron chi connectivity index (χ3n) is 9.70. The largest absolute Gasteiger partial charge is 2.00 e. The SMILES string of the molecule is CC(C)c1cccc(C(C)C)c1-c1nc2cc(-c3cc(C(C)(C)C)ccn3)[c-]c(Oc3[c-]c(-c4ccc(C(C)(C)C)cn4)ccc3[Si](C)(C)C)c2s1.[Pt+2]. The van der Waals surface area contributed by atoms with Crippen molar-refractivity contribution in [1.82, 2.24) is 15.0 Å². The molecule has 278 valence electrons. The van der Waals surface area contributed by atoms with Crippen molar-refractivity contribution >= 4 is 34.8 Å². The van der Waals surface area contributed by atoms with Crippen LogP contribution in [0.25, 0.3) is 43.3 Å².